The Hall–Kier alpha value is -2.59. The molecule has 1 saturated heterocycles. The van der Waals surface area contributed by atoms with E-state index >= 15 is 0 Å². The third kappa shape index (κ3) is 4.28. The van der Waals surface area contributed by atoms with E-state index in [9.17, 15) is 14.0 Å². The van der Waals surface area contributed by atoms with E-state index in [1.807, 2.05) is 7.05 Å². The summed E-state index contributed by atoms with van der Waals surface area (Å²) in [6.45, 7) is 2.76. The average molecular weight is 404 g/mol. The lowest BCUT2D eigenvalue weighted by atomic mass is 10.1. The summed E-state index contributed by atoms with van der Waals surface area (Å²) >= 11 is 1.33. The lowest BCUT2D eigenvalue weighted by molar-refractivity contribution is 0.102. The van der Waals surface area contributed by atoms with Crippen LogP contribution in [0.1, 0.15) is 34.1 Å². The van der Waals surface area contributed by atoms with E-state index in [1.165, 1.54) is 23.5 Å². The predicted octanol–water partition coefficient (Wildman–Crippen LogP) is 2.59. The SMILES string of the molecule is CN1CCN(C(=O)Nc2ccc(F)cc2C(=O)Nc2nnc(C3CC3)s2)CC1. The van der Waals surface area contributed by atoms with E-state index in [0.29, 0.717) is 24.1 Å². The van der Waals surface area contributed by atoms with Crippen LogP contribution >= 0.6 is 11.3 Å². The van der Waals surface area contributed by atoms with Crippen molar-refractivity contribution in [1.29, 1.82) is 0 Å². The molecule has 2 N–H and O–H groups in total. The van der Waals surface area contributed by atoms with Gasteiger partial charge < -0.3 is 15.1 Å². The van der Waals surface area contributed by atoms with Crippen molar-refractivity contribution >= 4 is 34.1 Å². The molecule has 1 aromatic heterocycles. The predicted molar refractivity (Wildman–Crippen MR) is 104 cm³/mol. The molecule has 0 spiro atoms. The summed E-state index contributed by atoms with van der Waals surface area (Å²) in [5, 5.41) is 14.7. The zero-order valence-corrected chi connectivity index (χ0v) is 16.3. The molecule has 0 bridgehead atoms. The van der Waals surface area contributed by atoms with Gasteiger partial charge in [-0.05, 0) is 38.1 Å². The number of likely N-dealkylation sites (N-methyl/N-ethyl adjacent to an activating group) is 1. The molecule has 3 amide bonds. The first-order valence-corrected chi connectivity index (χ1v) is 10.00. The molecule has 4 rings (SSSR count). The molecule has 1 aromatic carbocycles. The first-order chi connectivity index (χ1) is 13.5. The Morgan fingerprint density at radius 2 is 1.89 bits per heavy atom. The summed E-state index contributed by atoms with van der Waals surface area (Å²) in [4.78, 5) is 29.0. The fourth-order valence-electron chi connectivity index (χ4n) is 2.96. The lowest BCUT2D eigenvalue weighted by Crippen LogP contribution is -2.48. The fourth-order valence-corrected chi connectivity index (χ4v) is 3.87. The summed E-state index contributed by atoms with van der Waals surface area (Å²) in [7, 11) is 2.00. The van der Waals surface area contributed by atoms with Crippen LogP contribution in [0.5, 0.6) is 0 Å². The Labute approximate surface area is 165 Å². The summed E-state index contributed by atoms with van der Waals surface area (Å²) in [5.41, 5.74) is 0.306. The van der Waals surface area contributed by atoms with Crippen molar-refractivity contribution in [3.8, 4) is 0 Å². The van der Waals surface area contributed by atoms with Gasteiger partial charge in [0, 0.05) is 32.1 Å². The highest BCUT2D eigenvalue weighted by atomic mass is 32.1. The van der Waals surface area contributed by atoms with E-state index in [4.69, 9.17) is 0 Å². The number of rotatable bonds is 4. The van der Waals surface area contributed by atoms with Gasteiger partial charge >= 0.3 is 6.03 Å². The highest BCUT2D eigenvalue weighted by Gasteiger charge is 2.28. The van der Waals surface area contributed by atoms with E-state index in [2.05, 4.69) is 25.7 Å². The average Bonchev–Trinajstić information content (AvgIpc) is 3.43. The first kappa shape index (κ1) is 18.8. The highest BCUT2D eigenvalue weighted by Crippen LogP contribution is 2.42. The van der Waals surface area contributed by atoms with Crippen molar-refractivity contribution < 1.29 is 14.0 Å². The number of aromatic nitrogens is 2. The Morgan fingerprint density at radius 1 is 1.14 bits per heavy atom. The molecular weight excluding hydrogens is 383 g/mol. The molecule has 148 valence electrons. The van der Waals surface area contributed by atoms with Crippen molar-refractivity contribution in [2.45, 2.75) is 18.8 Å². The molecule has 0 radical (unpaired) electrons. The molecule has 0 unspecified atom stereocenters. The standard InChI is InChI=1S/C18H21FN6O2S/c1-24-6-8-25(9-7-24)18(27)20-14-5-4-12(19)10-13(14)15(26)21-17-23-22-16(28-17)11-2-3-11/h4-5,10-11H,2-3,6-9H2,1H3,(H,20,27)(H,21,23,26). The van der Waals surface area contributed by atoms with Crippen molar-refractivity contribution in [3.05, 3.63) is 34.6 Å². The minimum absolute atomic E-state index is 0.0469. The van der Waals surface area contributed by atoms with Gasteiger partial charge in [0.15, 0.2) is 0 Å². The van der Waals surface area contributed by atoms with E-state index < -0.39 is 11.7 Å². The zero-order chi connectivity index (χ0) is 19.7. The van der Waals surface area contributed by atoms with E-state index in [0.717, 1.165) is 37.0 Å². The van der Waals surface area contributed by atoms with Crippen LogP contribution in [0.2, 0.25) is 0 Å². The molecule has 28 heavy (non-hydrogen) atoms. The molecule has 1 saturated carbocycles. The van der Waals surface area contributed by atoms with Crippen molar-refractivity contribution in [3.63, 3.8) is 0 Å². The van der Waals surface area contributed by atoms with Crippen LogP contribution in [0.4, 0.5) is 20.0 Å². The number of nitrogens with zero attached hydrogens (tertiary/aromatic N) is 4. The molecule has 0 atom stereocenters. The van der Waals surface area contributed by atoms with E-state index in [-0.39, 0.29) is 17.3 Å². The number of urea groups is 1. The molecule has 1 aliphatic carbocycles. The van der Waals surface area contributed by atoms with Crippen molar-refractivity contribution in [1.82, 2.24) is 20.0 Å². The van der Waals surface area contributed by atoms with Crippen LogP contribution in [-0.4, -0.2) is 65.2 Å². The van der Waals surface area contributed by atoms with Gasteiger partial charge in [-0.2, -0.15) is 0 Å². The maximum Gasteiger partial charge on any atom is 0.321 e. The normalized spacial score (nSPS) is 17.4. The van der Waals surface area contributed by atoms with Crippen LogP contribution in [-0.2, 0) is 0 Å². The first-order valence-electron chi connectivity index (χ1n) is 9.18. The summed E-state index contributed by atoms with van der Waals surface area (Å²) in [5.74, 6) is -0.652. The van der Waals surface area contributed by atoms with Crippen LogP contribution in [0.3, 0.4) is 0 Å². The van der Waals surface area contributed by atoms with Crippen LogP contribution in [0.15, 0.2) is 18.2 Å². The number of hydrogen-bond acceptors (Lipinski definition) is 6. The summed E-state index contributed by atoms with van der Waals surface area (Å²) in [6, 6.07) is 3.42. The Balaban J connectivity index is 1.47. The molecule has 2 fully saturated rings. The van der Waals surface area contributed by atoms with Gasteiger partial charge in [0.05, 0.1) is 11.3 Å². The Morgan fingerprint density at radius 3 is 2.61 bits per heavy atom. The topological polar surface area (TPSA) is 90.5 Å². The smallest absolute Gasteiger partial charge is 0.321 e. The molecule has 2 aromatic rings. The van der Waals surface area contributed by atoms with Crippen LogP contribution in [0, 0.1) is 5.82 Å². The largest absolute Gasteiger partial charge is 0.322 e. The number of carbonyl (C=O) groups is 2. The number of benzene rings is 1. The third-order valence-corrected chi connectivity index (χ3v) is 5.85. The number of carbonyl (C=O) groups excluding carboxylic acids is 2. The number of nitrogens with one attached hydrogen (secondary N) is 2. The maximum absolute atomic E-state index is 13.8. The van der Waals surface area contributed by atoms with Gasteiger partial charge in [-0.1, -0.05) is 11.3 Å². The lowest BCUT2D eigenvalue weighted by Gasteiger charge is -2.32. The minimum Gasteiger partial charge on any atom is -0.322 e. The minimum atomic E-state index is -0.557. The van der Waals surface area contributed by atoms with Gasteiger partial charge in [-0.15, -0.1) is 10.2 Å². The van der Waals surface area contributed by atoms with Gasteiger partial charge in [0.25, 0.3) is 5.91 Å². The number of halogens is 1. The molecular formula is C18H21FN6O2S. The van der Waals surface area contributed by atoms with Gasteiger partial charge in [-0.25, -0.2) is 9.18 Å². The Kier molecular flexibility index (Phi) is 5.23. The molecule has 2 heterocycles. The number of anilines is 2. The Bertz CT molecular complexity index is 892. The maximum atomic E-state index is 13.8. The molecule has 1 aliphatic heterocycles. The molecule has 8 nitrogen and oxygen atoms in total. The van der Waals surface area contributed by atoms with Gasteiger partial charge in [0.2, 0.25) is 5.13 Å². The molecule has 10 heteroatoms. The second-order valence-corrected chi connectivity index (χ2v) is 8.09. The zero-order valence-electron chi connectivity index (χ0n) is 15.4. The summed E-state index contributed by atoms with van der Waals surface area (Å²) in [6.07, 6.45) is 2.18. The van der Waals surface area contributed by atoms with Crippen LogP contribution in [0.25, 0.3) is 0 Å². The fraction of sp³-hybridized carbons (Fsp3) is 0.444. The summed E-state index contributed by atoms with van der Waals surface area (Å²) < 4.78 is 13.8. The highest BCUT2D eigenvalue weighted by molar-refractivity contribution is 7.15. The van der Waals surface area contributed by atoms with Gasteiger partial charge in [0.1, 0.15) is 10.8 Å². The second kappa shape index (κ2) is 7.80. The number of amides is 3. The van der Waals surface area contributed by atoms with Crippen molar-refractivity contribution in [2.75, 3.05) is 43.9 Å². The molecule has 2 aliphatic rings. The van der Waals surface area contributed by atoms with Gasteiger partial charge in [-0.3, -0.25) is 10.1 Å². The quantitative estimate of drug-likeness (QED) is 0.818. The monoisotopic (exact) mass is 404 g/mol. The number of hydrogen-bond donors (Lipinski definition) is 2. The number of piperazine rings is 1. The van der Waals surface area contributed by atoms with E-state index in [1.54, 1.807) is 4.90 Å². The second-order valence-electron chi connectivity index (χ2n) is 7.08. The van der Waals surface area contributed by atoms with Crippen molar-refractivity contribution in [2.24, 2.45) is 0 Å². The third-order valence-electron chi connectivity index (χ3n) is 4.85. The van der Waals surface area contributed by atoms with Crippen LogP contribution < -0.4 is 10.6 Å².